The normalized spacial score (nSPS) is 20.4. The van der Waals surface area contributed by atoms with E-state index < -0.39 is 9.84 Å². The smallest absolute Gasteiger partial charge is 0.151 e. The topological polar surface area (TPSA) is 49.4 Å². The fraction of sp³-hybridized carbons (Fsp3) is 1.00. The second kappa shape index (κ2) is 7.34. The van der Waals surface area contributed by atoms with E-state index in [0.29, 0.717) is 0 Å². The highest BCUT2D eigenvalue weighted by Gasteiger charge is 2.14. The van der Waals surface area contributed by atoms with Crippen molar-refractivity contribution in [2.75, 3.05) is 37.7 Å². The van der Waals surface area contributed by atoms with Crippen LogP contribution in [0.5, 0.6) is 0 Å². The van der Waals surface area contributed by atoms with Crippen LogP contribution in [0.3, 0.4) is 0 Å². The summed E-state index contributed by atoms with van der Waals surface area (Å²) in [4.78, 5) is 2.46. The van der Waals surface area contributed by atoms with E-state index >= 15 is 0 Å². The molecule has 4 nitrogen and oxygen atoms in total. The zero-order chi connectivity index (χ0) is 12.7. The Labute approximate surface area is 106 Å². The molecule has 0 aromatic heterocycles. The number of piperidine rings is 1. The maximum absolute atomic E-state index is 11.4. The molecule has 1 atom stereocenters. The molecular weight excluding hydrogens is 236 g/mol. The number of nitrogens with zero attached hydrogens (tertiary/aromatic N) is 1. The zero-order valence-electron chi connectivity index (χ0n) is 11.1. The summed E-state index contributed by atoms with van der Waals surface area (Å²) in [5.41, 5.74) is 0. The van der Waals surface area contributed by atoms with Crippen LogP contribution in [0, 0.1) is 0 Å². The SMILES string of the molecule is CCS(=O)(=O)CC(C)NCCN1CCCCC1. The first-order valence-corrected chi connectivity index (χ1v) is 8.52. The highest BCUT2D eigenvalue weighted by molar-refractivity contribution is 7.91. The molecular formula is C12H26N2O2S. The molecule has 1 saturated heterocycles. The third kappa shape index (κ3) is 6.38. The molecule has 0 spiro atoms. The van der Waals surface area contributed by atoms with Crippen LogP contribution in [0.25, 0.3) is 0 Å². The van der Waals surface area contributed by atoms with Crippen LogP contribution in [0.2, 0.25) is 0 Å². The van der Waals surface area contributed by atoms with Gasteiger partial charge in [-0.1, -0.05) is 13.3 Å². The molecule has 17 heavy (non-hydrogen) atoms. The summed E-state index contributed by atoms with van der Waals surface area (Å²) in [6, 6.07) is 0.0599. The lowest BCUT2D eigenvalue weighted by Gasteiger charge is -2.27. The first kappa shape index (κ1) is 14.9. The third-order valence-electron chi connectivity index (χ3n) is 3.31. The molecule has 0 aromatic rings. The molecule has 0 saturated carbocycles. The second-order valence-corrected chi connectivity index (χ2v) is 7.35. The van der Waals surface area contributed by atoms with Gasteiger partial charge in [0.25, 0.3) is 0 Å². The van der Waals surface area contributed by atoms with Crippen LogP contribution in [0.1, 0.15) is 33.1 Å². The van der Waals surface area contributed by atoms with Gasteiger partial charge in [-0.2, -0.15) is 0 Å². The van der Waals surface area contributed by atoms with Crippen molar-refractivity contribution in [3.8, 4) is 0 Å². The Hall–Kier alpha value is -0.130. The van der Waals surface area contributed by atoms with Crippen molar-refractivity contribution in [3.05, 3.63) is 0 Å². The van der Waals surface area contributed by atoms with E-state index in [4.69, 9.17) is 0 Å². The van der Waals surface area contributed by atoms with Crippen LogP contribution in [-0.4, -0.2) is 57.0 Å². The molecule has 0 aliphatic carbocycles. The summed E-state index contributed by atoms with van der Waals surface area (Å²) in [5.74, 6) is 0.495. The van der Waals surface area contributed by atoms with Gasteiger partial charge in [-0.25, -0.2) is 8.42 Å². The lowest BCUT2D eigenvalue weighted by Crippen LogP contribution is -2.40. The van der Waals surface area contributed by atoms with Gasteiger partial charge >= 0.3 is 0 Å². The Balaban J connectivity index is 2.13. The van der Waals surface area contributed by atoms with Gasteiger partial charge in [0.1, 0.15) is 0 Å². The number of hydrogen-bond acceptors (Lipinski definition) is 4. The van der Waals surface area contributed by atoms with Crippen LogP contribution in [-0.2, 0) is 9.84 Å². The van der Waals surface area contributed by atoms with Crippen LogP contribution >= 0.6 is 0 Å². The first-order chi connectivity index (χ1) is 8.03. The van der Waals surface area contributed by atoms with E-state index in [1.807, 2.05) is 6.92 Å². The van der Waals surface area contributed by atoms with Crippen molar-refractivity contribution < 1.29 is 8.42 Å². The minimum Gasteiger partial charge on any atom is -0.312 e. The molecule has 1 aliphatic heterocycles. The maximum atomic E-state index is 11.4. The maximum Gasteiger partial charge on any atom is 0.151 e. The van der Waals surface area contributed by atoms with Crippen LogP contribution < -0.4 is 5.32 Å². The fourth-order valence-electron chi connectivity index (χ4n) is 2.21. The second-order valence-electron chi connectivity index (χ2n) is 4.96. The lowest BCUT2D eigenvalue weighted by atomic mass is 10.1. The van der Waals surface area contributed by atoms with Gasteiger partial charge in [-0.15, -0.1) is 0 Å². The van der Waals surface area contributed by atoms with E-state index in [0.717, 1.165) is 13.1 Å². The predicted molar refractivity (Wildman–Crippen MR) is 72.1 cm³/mol. The summed E-state index contributed by atoms with van der Waals surface area (Å²) >= 11 is 0. The van der Waals surface area contributed by atoms with E-state index in [2.05, 4.69) is 10.2 Å². The minimum absolute atomic E-state index is 0.0599. The molecule has 102 valence electrons. The van der Waals surface area contributed by atoms with Crippen molar-refractivity contribution >= 4 is 9.84 Å². The molecule has 0 aromatic carbocycles. The first-order valence-electron chi connectivity index (χ1n) is 6.69. The van der Waals surface area contributed by atoms with Gasteiger partial charge in [0.05, 0.1) is 5.75 Å². The molecule has 1 aliphatic rings. The van der Waals surface area contributed by atoms with Gasteiger partial charge < -0.3 is 10.2 Å². The van der Waals surface area contributed by atoms with E-state index in [-0.39, 0.29) is 17.5 Å². The van der Waals surface area contributed by atoms with Gasteiger partial charge in [-0.05, 0) is 32.9 Å². The predicted octanol–water partition coefficient (Wildman–Crippen LogP) is 0.885. The summed E-state index contributed by atoms with van der Waals surface area (Å²) < 4.78 is 22.8. The highest BCUT2D eigenvalue weighted by Crippen LogP contribution is 2.07. The standard InChI is InChI=1S/C12H26N2O2S/c1-3-17(15,16)11-12(2)13-7-10-14-8-5-4-6-9-14/h12-13H,3-11H2,1-2H3. The quantitative estimate of drug-likeness (QED) is 0.740. The fourth-order valence-corrected chi connectivity index (χ4v) is 3.33. The summed E-state index contributed by atoms with van der Waals surface area (Å²) in [7, 11) is -2.85. The average Bonchev–Trinajstić information content (AvgIpc) is 2.30. The van der Waals surface area contributed by atoms with Gasteiger partial charge in [0.2, 0.25) is 0 Å². The summed E-state index contributed by atoms with van der Waals surface area (Å²) in [6.45, 7) is 7.97. The lowest BCUT2D eigenvalue weighted by molar-refractivity contribution is 0.227. The number of likely N-dealkylation sites (tertiary alicyclic amines) is 1. The Morgan fingerprint density at radius 1 is 1.24 bits per heavy atom. The third-order valence-corrected chi connectivity index (χ3v) is 5.20. The molecule has 0 amide bonds. The molecule has 0 radical (unpaired) electrons. The van der Waals surface area contributed by atoms with E-state index in [1.54, 1.807) is 6.92 Å². The molecule has 1 unspecified atom stereocenters. The number of rotatable bonds is 7. The summed E-state index contributed by atoms with van der Waals surface area (Å²) in [6.07, 6.45) is 3.97. The minimum atomic E-state index is -2.85. The largest absolute Gasteiger partial charge is 0.312 e. The Morgan fingerprint density at radius 3 is 2.47 bits per heavy atom. The van der Waals surface area contributed by atoms with Gasteiger partial charge in [-0.3, -0.25) is 0 Å². The van der Waals surface area contributed by atoms with Crippen molar-refractivity contribution in [1.82, 2.24) is 10.2 Å². The van der Waals surface area contributed by atoms with Crippen LogP contribution in [0.4, 0.5) is 0 Å². The highest BCUT2D eigenvalue weighted by atomic mass is 32.2. The number of hydrogen-bond donors (Lipinski definition) is 1. The Morgan fingerprint density at radius 2 is 1.88 bits per heavy atom. The zero-order valence-corrected chi connectivity index (χ0v) is 11.9. The van der Waals surface area contributed by atoms with Crippen molar-refractivity contribution in [2.24, 2.45) is 0 Å². The van der Waals surface area contributed by atoms with Crippen LogP contribution in [0.15, 0.2) is 0 Å². The summed E-state index contributed by atoms with van der Waals surface area (Å²) in [5, 5.41) is 3.30. The van der Waals surface area contributed by atoms with Crippen molar-refractivity contribution in [3.63, 3.8) is 0 Å². The molecule has 1 rings (SSSR count). The van der Waals surface area contributed by atoms with Gasteiger partial charge in [0.15, 0.2) is 9.84 Å². The molecule has 0 bridgehead atoms. The number of nitrogens with one attached hydrogen (secondary N) is 1. The van der Waals surface area contributed by atoms with Gasteiger partial charge in [0, 0.05) is 24.9 Å². The molecule has 5 heteroatoms. The molecule has 1 heterocycles. The van der Waals surface area contributed by atoms with E-state index in [1.165, 1.54) is 32.4 Å². The number of sulfone groups is 1. The molecule has 1 N–H and O–H groups in total. The van der Waals surface area contributed by atoms with Crippen molar-refractivity contribution in [1.29, 1.82) is 0 Å². The van der Waals surface area contributed by atoms with Crippen molar-refractivity contribution in [2.45, 2.75) is 39.2 Å². The van der Waals surface area contributed by atoms with E-state index in [9.17, 15) is 8.42 Å². The molecule has 1 fully saturated rings. The average molecular weight is 262 g/mol. The Bertz CT molecular complexity index is 298. The monoisotopic (exact) mass is 262 g/mol. The Kier molecular flexibility index (Phi) is 6.44.